The number of hydrogen-bond donors (Lipinski definition) is 0. The molecule has 0 fully saturated rings. The van der Waals surface area contributed by atoms with Crippen LogP contribution in [0.15, 0.2) is 40.6 Å². The van der Waals surface area contributed by atoms with Crippen LogP contribution >= 0.6 is 0 Å². The highest BCUT2D eigenvalue weighted by Gasteiger charge is 2.11. The van der Waals surface area contributed by atoms with Crippen LogP contribution in [0.5, 0.6) is 0 Å². The average molecular weight is 231 g/mol. The van der Waals surface area contributed by atoms with E-state index in [-0.39, 0.29) is 0 Å². The van der Waals surface area contributed by atoms with Crippen molar-refractivity contribution in [2.24, 2.45) is 4.99 Å². The van der Waals surface area contributed by atoms with E-state index < -0.39 is 0 Å². The number of allylic oxidation sites excluding steroid dienone is 5. The number of hydrogen-bond acceptors (Lipinski definition) is 2. The quantitative estimate of drug-likeness (QED) is 0.664. The van der Waals surface area contributed by atoms with E-state index in [2.05, 4.69) is 29.3 Å². The van der Waals surface area contributed by atoms with Gasteiger partial charge in [-0.2, -0.15) is 0 Å². The van der Waals surface area contributed by atoms with Crippen molar-refractivity contribution in [3.8, 4) is 0 Å². The maximum atomic E-state index is 5.69. The van der Waals surface area contributed by atoms with Gasteiger partial charge in [0.15, 0.2) is 0 Å². The van der Waals surface area contributed by atoms with E-state index in [9.17, 15) is 0 Å². The first-order valence-corrected chi connectivity index (χ1v) is 6.68. The molecular formula is C15H21NO. The van der Waals surface area contributed by atoms with E-state index in [1.165, 1.54) is 31.3 Å². The number of ether oxygens (including phenoxy) is 1. The lowest BCUT2D eigenvalue weighted by atomic mass is 10.0. The number of rotatable bonds is 1. The maximum absolute atomic E-state index is 5.69. The van der Waals surface area contributed by atoms with Gasteiger partial charge in [-0.25, -0.2) is 4.99 Å². The van der Waals surface area contributed by atoms with E-state index in [0.29, 0.717) is 6.61 Å². The van der Waals surface area contributed by atoms with Gasteiger partial charge in [-0.15, -0.1) is 0 Å². The van der Waals surface area contributed by atoms with Crippen molar-refractivity contribution in [1.82, 2.24) is 0 Å². The average Bonchev–Trinajstić information content (AvgIpc) is 2.30. The van der Waals surface area contributed by atoms with Crippen LogP contribution in [0.3, 0.4) is 0 Å². The zero-order valence-corrected chi connectivity index (χ0v) is 10.6. The second kappa shape index (κ2) is 6.43. The Bertz CT molecular complexity index is 374. The van der Waals surface area contributed by atoms with E-state index in [1.54, 1.807) is 0 Å². The third-order valence-corrected chi connectivity index (χ3v) is 3.13. The van der Waals surface area contributed by atoms with Crippen LogP contribution in [-0.2, 0) is 4.74 Å². The van der Waals surface area contributed by atoms with Gasteiger partial charge in [0.05, 0.1) is 6.61 Å². The minimum absolute atomic E-state index is 0.688. The second-order valence-corrected chi connectivity index (χ2v) is 4.50. The maximum Gasteiger partial charge on any atom is 0.216 e. The molecule has 0 unspecified atom stereocenters. The number of aliphatic imine (C=N–C) groups is 1. The molecule has 2 heteroatoms. The van der Waals surface area contributed by atoms with Gasteiger partial charge in [-0.05, 0) is 38.7 Å². The smallest absolute Gasteiger partial charge is 0.216 e. The SMILES string of the molecule is CCOC1=N/C2=C\C=C/C=C\1CCCCCC2. The van der Waals surface area contributed by atoms with E-state index in [4.69, 9.17) is 4.74 Å². The fourth-order valence-electron chi connectivity index (χ4n) is 2.22. The zero-order valence-electron chi connectivity index (χ0n) is 10.6. The Morgan fingerprint density at radius 2 is 1.82 bits per heavy atom. The molecule has 2 rings (SSSR count). The minimum atomic E-state index is 0.688. The van der Waals surface area contributed by atoms with Crippen molar-refractivity contribution in [2.75, 3.05) is 6.61 Å². The van der Waals surface area contributed by atoms with Gasteiger partial charge in [0.1, 0.15) is 0 Å². The molecule has 0 radical (unpaired) electrons. The van der Waals surface area contributed by atoms with Crippen molar-refractivity contribution in [1.29, 1.82) is 0 Å². The Morgan fingerprint density at radius 1 is 1.06 bits per heavy atom. The predicted molar refractivity (Wildman–Crippen MR) is 72.1 cm³/mol. The fraction of sp³-hybridized carbons (Fsp3) is 0.533. The van der Waals surface area contributed by atoms with Gasteiger partial charge in [-0.3, -0.25) is 0 Å². The Kier molecular flexibility index (Phi) is 4.60. The summed E-state index contributed by atoms with van der Waals surface area (Å²) in [5.74, 6) is 0.838. The van der Waals surface area contributed by atoms with Gasteiger partial charge in [-0.1, -0.05) is 31.1 Å². The highest BCUT2D eigenvalue weighted by atomic mass is 16.5. The molecule has 0 saturated heterocycles. The number of fused-ring (bicyclic) bond motifs is 2. The van der Waals surface area contributed by atoms with E-state index in [1.807, 2.05) is 6.92 Å². The van der Waals surface area contributed by atoms with Gasteiger partial charge in [0, 0.05) is 11.3 Å². The predicted octanol–water partition coefficient (Wildman–Crippen LogP) is 4.16. The monoisotopic (exact) mass is 231 g/mol. The van der Waals surface area contributed by atoms with Crippen LogP contribution in [0.25, 0.3) is 0 Å². The molecule has 2 aliphatic rings. The minimum Gasteiger partial charge on any atom is -0.478 e. The molecule has 0 atom stereocenters. The molecule has 0 aromatic carbocycles. The van der Waals surface area contributed by atoms with Gasteiger partial charge < -0.3 is 4.74 Å². The highest BCUT2D eigenvalue weighted by molar-refractivity contribution is 5.94. The summed E-state index contributed by atoms with van der Waals surface area (Å²) >= 11 is 0. The number of nitrogens with zero attached hydrogens (tertiary/aromatic N) is 1. The molecule has 0 aromatic heterocycles. The summed E-state index contributed by atoms with van der Waals surface area (Å²) in [5.41, 5.74) is 2.40. The van der Waals surface area contributed by atoms with Crippen molar-refractivity contribution in [2.45, 2.75) is 45.4 Å². The highest BCUT2D eigenvalue weighted by Crippen LogP contribution is 2.21. The molecule has 2 heterocycles. The second-order valence-electron chi connectivity index (χ2n) is 4.50. The summed E-state index contributed by atoms with van der Waals surface area (Å²) in [5, 5.41) is 0. The van der Waals surface area contributed by atoms with Crippen molar-refractivity contribution >= 4 is 5.90 Å². The first kappa shape index (κ1) is 12.2. The molecule has 92 valence electrons. The third kappa shape index (κ3) is 3.58. The Morgan fingerprint density at radius 3 is 2.65 bits per heavy atom. The molecule has 0 amide bonds. The molecule has 0 N–H and O–H groups in total. The molecule has 2 nitrogen and oxygen atoms in total. The lowest BCUT2D eigenvalue weighted by Crippen LogP contribution is -2.10. The Labute approximate surface area is 104 Å². The molecule has 17 heavy (non-hydrogen) atoms. The summed E-state index contributed by atoms with van der Waals surface area (Å²) in [6.07, 6.45) is 15.7. The third-order valence-electron chi connectivity index (χ3n) is 3.13. The Balaban J connectivity index is 2.29. The molecule has 0 saturated carbocycles. The standard InChI is InChI=1S/C15H21NO/c1-2-17-15-13-9-5-3-4-6-11-14(16-15)12-8-7-10-13/h7-8,10,12H,2-6,9,11H2,1H3/b8-7-,10-7?,12-8?,13-10-,14-12-,15-13?,16-14?,16-15+. The molecular weight excluding hydrogens is 210 g/mol. The fourth-order valence-corrected chi connectivity index (χ4v) is 2.22. The topological polar surface area (TPSA) is 21.6 Å². The van der Waals surface area contributed by atoms with Crippen molar-refractivity contribution in [3.05, 3.63) is 35.6 Å². The van der Waals surface area contributed by atoms with Crippen LogP contribution in [-0.4, -0.2) is 12.5 Å². The molecule has 2 bridgehead atoms. The summed E-state index contributed by atoms with van der Waals surface area (Å²) in [7, 11) is 0. The molecule has 0 spiro atoms. The van der Waals surface area contributed by atoms with Crippen LogP contribution in [0.1, 0.15) is 45.4 Å². The first-order valence-electron chi connectivity index (χ1n) is 6.68. The van der Waals surface area contributed by atoms with Crippen LogP contribution in [0.4, 0.5) is 0 Å². The van der Waals surface area contributed by atoms with Crippen molar-refractivity contribution in [3.63, 3.8) is 0 Å². The van der Waals surface area contributed by atoms with Gasteiger partial charge in [0.25, 0.3) is 0 Å². The normalized spacial score (nSPS) is 31.9. The lowest BCUT2D eigenvalue weighted by molar-refractivity contribution is 0.325. The largest absolute Gasteiger partial charge is 0.478 e. The van der Waals surface area contributed by atoms with Gasteiger partial charge >= 0.3 is 0 Å². The summed E-state index contributed by atoms with van der Waals surface area (Å²) in [4.78, 5) is 4.68. The molecule has 0 aromatic rings. The van der Waals surface area contributed by atoms with Crippen molar-refractivity contribution < 1.29 is 4.74 Å². The van der Waals surface area contributed by atoms with Crippen LogP contribution in [0, 0.1) is 0 Å². The van der Waals surface area contributed by atoms with E-state index in [0.717, 1.165) is 24.4 Å². The van der Waals surface area contributed by atoms with Crippen LogP contribution < -0.4 is 0 Å². The summed E-state index contributed by atoms with van der Waals surface area (Å²) < 4.78 is 5.69. The lowest BCUT2D eigenvalue weighted by Gasteiger charge is -2.15. The van der Waals surface area contributed by atoms with E-state index >= 15 is 0 Å². The van der Waals surface area contributed by atoms with Gasteiger partial charge in [0.2, 0.25) is 5.90 Å². The molecule has 0 aliphatic carbocycles. The molecule has 2 aliphatic heterocycles. The summed E-state index contributed by atoms with van der Waals surface area (Å²) in [6.45, 7) is 2.71. The van der Waals surface area contributed by atoms with Crippen LogP contribution in [0.2, 0.25) is 0 Å². The zero-order chi connectivity index (χ0) is 11.9. The first-order chi connectivity index (χ1) is 8.40. The Hall–Kier alpha value is -1.31. The summed E-state index contributed by atoms with van der Waals surface area (Å²) in [6, 6.07) is 0.